The van der Waals surface area contributed by atoms with E-state index in [0.717, 1.165) is 19.3 Å². The molecule has 0 heterocycles. The number of rotatable bonds is 7. The molecule has 1 amide bonds. The Bertz CT molecular complexity index is 665. The van der Waals surface area contributed by atoms with Crippen LogP contribution in [0.2, 0.25) is 0 Å². The summed E-state index contributed by atoms with van der Waals surface area (Å²) in [5, 5.41) is 2.90. The van der Waals surface area contributed by atoms with Crippen LogP contribution in [0.1, 0.15) is 63.2 Å². The fourth-order valence-electron chi connectivity index (χ4n) is 3.28. The van der Waals surface area contributed by atoms with E-state index in [-0.39, 0.29) is 12.0 Å². The van der Waals surface area contributed by atoms with E-state index >= 15 is 0 Å². The first kappa shape index (κ1) is 21.2. The molecule has 0 aromatic heterocycles. The van der Waals surface area contributed by atoms with Gasteiger partial charge in [-0.25, -0.2) is 4.79 Å². The lowest BCUT2D eigenvalue weighted by Crippen LogP contribution is -2.47. The van der Waals surface area contributed by atoms with Gasteiger partial charge in [0.25, 0.3) is 5.91 Å². The number of anilines is 1. The smallest absolute Gasteiger partial charge is 0.341 e. The normalized spacial score (nSPS) is 23.4. The lowest BCUT2D eigenvalue weighted by atomic mass is 9.79. The van der Waals surface area contributed by atoms with E-state index in [1.165, 1.54) is 7.11 Å². The first-order chi connectivity index (χ1) is 12.8. The fraction of sp³-hybridized carbons (Fsp3) is 0.619. The number of hydrogen-bond acceptors (Lipinski definition) is 5. The van der Waals surface area contributed by atoms with Gasteiger partial charge < -0.3 is 19.5 Å². The third kappa shape index (κ3) is 5.01. The summed E-state index contributed by atoms with van der Waals surface area (Å²) in [4.78, 5) is 25.1. The van der Waals surface area contributed by atoms with Gasteiger partial charge in [0.15, 0.2) is 0 Å². The van der Waals surface area contributed by atoms with Gasteiger partial charge >= 0.3 is 5.97 Å². The van der Waals surface area contributed by atoms with Gasteiger partial charge in [0, 0.05) is 12.8 Å². The molecular weight excluding hydrogens is 346 g/mol. The average Bonchev–Trinajstić information content (AvgIpc) is 2.69. The van der Waals surface area contributed by atoms with Gasteiger partial charge in [-0.1, -0.05) is 13.8 Å². The van der Waals surface area contributed by atoms with Crippen molar-refractivity contribution in [3.63, 3.8) is 0 Å². The Hall–Kier alpha value is -2.08. The third-order valence-corrected chi connectivity index (χ3v) is 5.43. The summed E-state index contributed by atoms with van der Waals surface area (Å²) < 4.78 is 16.3. The zero-order valence-corrected chi connectivity index (χ0v) is 17.0. The number of carbonyl (C=O) groups excluding carboxylic acids is 2. The van der Waals surface area contributed by atoms with Gasteiger partial charge in [0.1, 0.15) is 16.9 Å². The highest BCUT2D eigenvalue weighted by Crippen LogP contribution is 2.35. The molecule has 0 aliphatic heterocycles. The molecule has 1 atom stereocenters. The molecule has 1 aliphatic rings. The Balaban J connectivity index is 2.22. The lowest BCUT2D eigenvalue weighted by Gasteiger charge is -2.36. The molecule has 0 radical (unpaired) electrons. The molecule has 6 nitrogen and oxygen atoms in total. The van der Waals surface area contributed by atoms with Gasteiger partial charge in [-0.2, -0.15) is 0 Å². The summed E-state index contributed by atoms with van der Waals surface area (Å²) >= 11 is 0. The van der Waals surface area contributed by atoms with E-state index in [9.17, 15) is 9.59 Å². The number of methoxy groups -OCH3 is 2. The second kappa shape index (κ2) is 9.22. The van der Waals surface area contributed by atoms with Crippen molar-refractivity contribution in [2.75, 3.05) is 19.5 Å². The van der Waals surface area contributed by atoms with Crippen LogP contribution in [0.25, 0.3) is 0 Å². The van der Waals surface area contributed by atoms with Crippen molar-refractivity contribution in [3.8, 4) is 5.75 Å². The van der Waals surface area contributed by atoms with E-state index in [2.05, 4.69) is 12.2 Å². The molecule has 0 unspecified atom stereocenters. The van der Waals surface area contributed by atoms with Crippen LogP contribution in [0, 0.1) is 5.92 Å². The van der Waals surface area contributed by atoms with Crippen LogP contribution >= 0.6 is 0 Å². The van der Waals surface area contributed by atoms with Crippen LogP contribution in [-0.4, -0.2) is 37.8 Å². The molecule has 1 fully saturated rings. The molecule has 1 aromatic rings. The van der Waals surface area contributed by atoms with Crippen LogP contribution in [0.3, 0.4) is 0 Å². The summed E-state index contributed by atoms with van der Waals surface area (Å²) in [5.74, 6) is 0.367. The summed E-state index contributed by atoms with van der Waals surface area (Å²) in [6.45, 7) is 6.13. The van der Waals surface area contributed by atoms with Crippen LogP contribution in [0.4, 0.5) is 5.69 Å². The molecule has 27 heavy (non-hydrogen) atoms. The van der Waals surface area contributed by atoms with Gasteiger partial charge in [-0.15, -0.1) is 0 Å². The Kier molecular flexibility index (Phi) is 7.25. The van der Waals surface area contributed by atoms with Crippen molar-refractivity contribution >= 4 is 17.6 Å². The maximum Gasteiger partial charge on any atom is 0.341 e. The SMILES string of the molecule is CC[C@@H](C)Oc1ccc(NC(=O)C2(OC)CCC(C)CC2)cc1C(=O)OC. The molecule has 1 aliphatic carbocycles. The van der Waals surface area contributed by atoms with Crippen molar-refractivity contribution in [2.24, 2.45) is 5.92 Å². The maximum absolute atomic E-state index is 12.9. The van der Waals surface area contributed by atoms with Crippen molar-refractivity contribution in [1.29, 1.82) is 0 Å². The summed E-state index contributed by atoms with van der Waals surface area (Å²) in [6.07, 6.45) is 4.07. The Labute approximate surface area is 161 Å². The second-order valence-corrected chi connectivity index (χ2v) is 7.37. The largest absolute Gasteiger partial charge is 0.490 e. The van der Waals surface area contributed by atoms with Crippen molar-refractivity contribution in [2.45, 2.75) is 64.6 Å². The predicted octanol–water partition coefficient (Wildman–Crippen LogP) is 4.18. The molecule has 1 N–H and O–H groups in total. The molecule has 0 bridgehead atoms. The minimum Gasteiger partial charge on any atom is -0.490 e. The Morgan fingerprint density at radius 1 is 1.26 bits per heavy atom. The highest BCUT2D eigenvalue weighted by atomic mass is 16.5. The molecule has 1 saturated carbocycles. The number of carbonyl (C=O) groups is 2. The molecule has 0 spiro atoms. The van der Waals surface area contributed by atoms with Gasteiger partial charge in [0.05, 0.1) is 13.2 Å². The highest BCUT2D eigenvalue weighted by molar-refractivity contribution is 5.99. The lowest BCUT2D eigenvalue weighted by molar-refractivity contribution is -0.142. The quantitative estimate of drug-likeness (QED) is 0.722. The minimum atomic E-state index is -0.816. The number of nitrogens with one attached hydrogen (secondary N) is 1. The predicted molar refractivity (Wildman–Crippen MR) is 104 cm³/mol. The van der Waals surface area contributed by atoms with E-state index in [1.54, 1.807) is 25.3 Å². The zero-order chi connectivity index (χ0) is 20.0. The van der Waals surface area contributed by atoms with Gasteiger partial charge in [-0.3, -0.25) is 4.79 Å². The molecule has 150 valence electrons. The third-order valence-electron chi connectivity index (χ3n) is 5.43. The van der Waals surface area contributed by atoms with Gasteiger partial charge in [0.2, 0.25) is 0 Å². The Morgan fingerprint density at radius 3 is 2.48 bits per heavy atom. The highest BCUT2D eigenvalue weighted by Gasteiger charge is 2.41. The number of ether oxygens (including phenoxy) is 3. The topological polar surface area (TPSA) is 73.9 Å². The number of benzene rings is 1. The minimum absolute atomic E-state index is 0.0326. The standard InChI is InChI=1S/C21H31NO5/c1-6-15(3)27-18-8-7-16(13-17(18)19(23)25-4)22-20(24)21(26-5)11-9-14(2)10-12-21/h7-8,13-15H,6,9-12H2,1-5H3,(H,22,24)/t14?,15-,21?/m1/s1. The second-order valence-electron chi connectivity index (χ2n) is 7.37. The number of esters is 1. The molecular formula is C21H31NO5. The van der Waals surface area contributed by atoms with Crippen molar-refractivity contribution in [1.82, 2.24) is 0 Å². The van der Waals surface area contributed by atoms with Crippen LogP contribution in [0.5, 0.6) is 5.75 Å². The molecule has 0 saturated heterocycles. The summed E-state index contributed by atoms with van der Waals surface area (Å²) in [6, 6.07) is 5.02. The van der Waals surface area contributed by atoms with Gasteiger partial charge in [-0.05, 0) is 63.1 Å². The van der Waals surface area contributed by atoms with Crippen LogP contribution < -0.4 is 10.1 Å². The van der Waals surface area contributed by atoms with E-state index in [0.29, 0.717) is 35.8 Å². The van der Waals surface area contributed by atoms with Crippen molar-refractivity contribution in [3.05, 3.63) is 23.8 Å². The zero-order valence-electron chi connectivity index (χ0n) is 17.0. The maximum atomic E-state index is 12.9. The average molecular weight is 377 g/mol. The fourth-order valence-corrected chi connectivity index (χ4v) is 3.28. The van der Waals surface area contributed by atoms with E-state index < -0.39 is 11.6 Å². The Morgan fingerprint density at radius 2 is 1.93 bits per heavy atom. The molecule has 6 heteroatoms. The summed E-state index contributed by atoms with van der Waals surface area (Å²) in [5.41, 5.74) is -0.00427. The molecule has 2 rings (SSSR count). The van der Waals surface area contributed by atoms with E-state index in [4.69, 9.17) is 14.2 Å². The van der Waals surface area contributed by atoms with E-state index in [1.807, 2.05) is 13.8 Å². The number of amides is 1. The van der Waals surface area contributed by atoms with Crippen LogP contribution in [-0.2, 0) is 14.3 Å². The first-order valence-electron chi connectivity index (χ1n) is 9.60. The molecule has 1 aromatic carbocycles. The monoisotopic (exact) mass is 377 g/mol. The van der Waals surface area contributed by atoms with Crippen molar-refractivity contribution < 1.29 is 23.8 Å². The number of hydrogen-bond donors (Lipinski definition) is 1. The summed E-state index contributed by atoms with van der Waals surface area (Å²) in [7, 11) is 2.91. The van der Waals surface area contributed by atoms with Crippen LogP contribution in [0.15, 0.2) is 18.2 Å². The first-order valence-corrected chi connectivity index (χ1v) is 9.60.